The van der Waals surface area contributed by atoms with Crippen LogP contribution in [0, 0.1) is 5.82 Å². The molecule has 1 aromatic carbocycles. The van der Waals surface area contributed by atoms with Crippen molar-refractivity contribution in [2.24, 2.45) is 0 Å². The van der Waals surface area contributed by atoms with Crippen LogP contribution in [0.5, 0.6) is 0 Å². The van der Waals surface area contributed by atoms with Crippen molar-refractivity contribution in [3.05, 3.63) is 41.2 Å². The predicted octanol–water partition coefficient (Wildman–Crippen LogP) is 3.64. The molecule has 0 spiro atoms. The lowest BCUT2D eigenvalue weighted by molar-refractivity contribution is 0.0273. The van der Waals surface area contributed by atoms with Crippen molar-refractivity contribution in [2.45, 2.75) is 32.8 Å². The smallest absolute Gasteiger partial charge is 0.410 e. The highest BCUT2D eigenvalue weighted by Crippen LogP contribution is 2.24. The average Bonchev–Trinajstić information content (AvgIpc) is 2.52. The zero-order valence-corrected chi connectivity index (χ0v) is 14.4. The molecule has 1 aromatic rings. The molecule has 0 saturated carbocycles. The van der Waals surface area contributed by atoms with E-state index < -0.39 is 17.4 Å². The van der Waals surface area contributed by atoms with E-state index in [1.807, 2.05) is 26.8 Å². The minimum atomic E-state index is -0.716. The highest BCUT2D eigenvalue weighted by atomic mass is 19.1. The van der Waals surface area contributed by atoms with Gasteiger partial charge in [0.1, 0.15) is 11.4 Å². The number of hydrogen-bond acceptors (Lipinski definition) is 4. The molecule has 0 fully saturated rings. The normalized spacial score (nSPS) is 14.9. The number of rotatable bonds is 2. The SMILES string of the molecule is COC(=O)c1ccc(C2=CCCN(C(=O)OC(C)(C)C)C2)cc1F. The Kier molecular flexibility index (Phi) is 5.26. The average molecular weight is 335 g/mol. The summed E-state index contributed by atoms with van der Waals surface area (Å²) in [6.45, 7) is 6.33. The molecule has 0 radical (unpaired) electrons. The first-order valence-electron chi connectivity index (χ1n) is 7.76. The largest absolute Gasteiger partial charge is 0.465 e. The van der Waals surface area contributed by atoms with E-state index in [0.717, 1.165) is 5.57 Å². The van der Waals surface area contributed by atoms with Crippen LogP contribution in [0.25, 0.3) is 5.57 Å². The number of halogens is 1. The fraction of sp³-hybridized carbons (Fsp3) is 0.444. The van der Waals surface area contributed by atoms with Crippen LogP contribution >= 0.6 is 0 Å². The van der Waals surface area contributed by atoms with Crippen LogP contribution in [-0.4, -0.2) is 42.8 Å². The topological polar surface area (TPSA) is 55.8 Å². The number of ether oxygens (including phenoxy) is 2. The van der Waals surface area contributed by atoms with Gasteiger partial charge in [0.2, 0.25) is 0 Å². The second-order valence-electron chi connectivity index (χ2n) is 6.61. The maximum atomic E-state index is 14.1. The monoisotopic (exact) mass is 335 g/mol. The van der Waals surface area contributed by atoms with Crippen molar-refractivity contribution in [3.8, 4) is 0 Å². The molecule has 0 aliphatic carbocycles. The number of benzene rings is 1. The molecular weight excluding hydrogens is 313 g/mol. The molecule has 0 aromatic heterocycles. The lowest BCUT2D eigenvalue weighted by atomic mass is 9.99. The molecule has 0 saturated heterocycles. The molecule has 1 heterocycles. The Balaban J connectivity index is 2.15. The van der Waals surface area contributed by atoms with E-state index in [2.05, 4.69) is 4.74 Å². The van der Waals surface area contributed by atoms with Gasteiger partial charge < -0.3 is 14.4 Å². The summed E-state index contributed by atoms with van der Waals surface area (Å²) >= 11 is 0. The molecule has 6 heteroatoms. The summed E-state index contributed by atoms with van der Waals surface area (Å²) in [4.78, 5) is 25.2. The minimum Gasteiger partial charge on any atom is -0.465 e. The molecule has 1 aliphatic rings. The fourth-order valence-electron chi connectivity index (χ4n) is 2.43. The molecular formula is C18H22FNO4. The molecule has 1 amide bonds. The van der Waals surface area contributed by atoms with Crippen molar-refractivity contribution in [1.82, 2.24) is 4.90 Å². The summed E-state index contributed by atoms with van der Waals surface area (Å²) in [7, 11) is 1.21. The number of carbonyl (C=O) groups excluding carboxylic acids is 2. The Morgan fingerprint density at radius 2 is 1.96 bits per heavy atom. The third-order valence-corrected chi connectivity index (χ3v) is 3.55. The highest BCUT2D eigenvalue weighted by molar-refractivity contribution is 5.90. The third kappa shape index (κ3) is 4.34. The quantitative estimate of drug-likeness (QED) is 0.774. The van der Waals surface area contributed by atoms with Crippen molar-refractivity contribution >= 4 is 17.6 Å². The zero-order chi connectivity index (χ0) is 17.9. The number of nitrogens with zero attached hydrogens (tertiary/aromatic N) is 1. The fourth-order valence-corrected chi connectivity index (χ4v) is 2.43. The van der Waals surface area contributed by atoms with Crippen molar-refractivity contribution in [3.63, 3.8) is 0 Å². The van der Waals surface area contributed by atoms with Gasteiger partial charge >= 0.3 is 12.1 Å². The van der Waals surface area contributed by atoms with Gasteiger partial charge in [-0.2, -0.15) is 0 Å². The Hall–Kier alpha value is -2.37. The number of hydrogen-bond donors (Lipinski definition) is 0. The second-order valence-corrected chi connectivity index (χ2v) is 6.61. The second kappa shape index (κ2) is 7.03. The van der Waals surface area contributed by atoms with Crippen LogP contribution in [0.3, 0.4) is 0 Å². The minimum absolute atomic E-state index is 0.110. The Morgan fingerprint density at radius 1 is 1.25 bits per heavy atom. The number of carbonyl (C=O) groups is 2. The standard InChI is InChI=1S/C18H22FNO4/c1-18(2,3)24-17(22)20-9-5-6-13(11-20)12-7-8-14(15(19)10-12)16(21)23-4/h6-8,10H,5,9,11H2,1-4H3. The number of amides is 1. The summed E-state index contributed by atoms with van der Waals surface area (Å²) in [5.41, 5.74) is 0.782. The van der Waals surface area contributed by atoms with Crippen LogP contribution in [0.2, 0.25) is 0 Å². The van der Waals surface area contributed by atoms with Crippen LogP contribution in [0.1, 0.15) is 43.1 Å². The summed E-state index contributed by atoms with van der Waals surface area (Å²) in [5.74, 6) is -1.36. The summed E-state index contributed by atoms with van der Waals surface area (Å²) < 4.78 is 24.0. The van der Waals surface area contributed by atoms with E-state index >= 15 is 0 Å². The van der Waals surface area contributed by atoms with E-state index in [-0.39, 0.29) is 11.7 Å². The van der Waals surface area contributed by atoms with Crippen LogP contribution in [0.4, 0.5) is 9.18 Å². The first kappa shape index (κ1) is 18.0. The van der Waals surface area contributed by atoms with Crippen LogP contribution < -0.4 is 0 Å². The predicted molar refractivity (Wildman–Crippen MR) is 88.1 cm³/mol. The summed E-state index contributed by atoms with van der Waals surface area (Å²) in [6.07, 6.45) is 2.24. The molecule has 130 valence electrons. The third-order valence-electron chi connectivity index (χ3n) is 3.55. The van der Waals surface area contributed by atoms with E-state index in [4.69, 9.17) is 4.74 Å². The molecule has 0 N–H and O–H groups in total. The van der Waals surface area contributed by atoms with Crippen molar-refractivity contribution < 1.29 is 23.5 Å². The Bertz CT molecular complexity index is 676. The molecule has 5 nitrogen and oxygen atoms in total. The van der Waals surface area contributed by atoms with Gasteiger partial charge in [0.15, 0.2) is 0 Å². The van der Waals surface area contributed by atoms with Gasteiger partial charge in [-0.25, -0.2) is 14.0 Å². The Morgan fingerprint density at radius 3 is 2.54 bits per heavy atom. The first-order chi connectivity index (χ1) is 11.2. The summed E-state index contributed by atoms with van der Waals surface area (Å²) in [5, 5.41) is 0. The van der Waals surface area contributed by atoms with E-state index in [9.17, 15) is 14.0 Å². The number of methoxy groups -OCH3 is 1. The number of esters is 1. The van der Waals surface area contributed by atoms with Gasteiger partial charge in [-0.05, 0) is 50.5 Å². The summed E-state index contributed by atoms with van der Waals surface area (Å²) in [6, 6.07) is 4.33. The van der Waals surface area contributed by atoms with Gasteiger partial charge in [0.05, 0.1) is 12.7 Å². The molecule has 24 heavy (non-hydrogen) atoms. The van der Waals surface area contributed by atoms with Gasteiger partial charge in [-0.3, -0.25) is 0 Å². The molecule has 2 rings (SSSR count). The zero-order valence-electron chi connectivity index (χ0n) is 14.4. The van der Waals surface area contributed by atoms with E-state index in [0.29, 0.717) is 25.1 Å². The van der Waals surface area contributed by atoms with Crippen molar-refractivity contribution in [2.75, 3.05) is 20.2 Å². The highest BCUT2D eigenvalue weighted by Gasteiger charge is 2.25. The van der Waals surface area contributed by atoms with Gasteiger partial charge in [0.25, 0.3) is 0 Å². The molecule has 1 aliphatic heterocycles. The van der Waals surface area contributed by atoms with E-state index in [1.54, 1.807) is 11.0 Å². The van der Waals surface area contributed by atoms with E-state index in [1.165, 1.54) is 19.2 Å². The molecule has 0 atom stereocenters. The Labute approximate surface area is 141 Å². The lowest BCUT2D eigenvalue weighted by Crippen LogP contribution is -2.39. The molecule has 0 unspecified atom stereocenters. The van der Waals surface area contributed by atoms with Crippen molar-refractivity contribution in [1.29, 1.82) is 0 Å². The van der Waals surface area contributed by atoms with Crippen LogP contribution in [-0.2, 0) is 9.47 Å². The van der Waals surface area contributed by atoms with Gasteiger partial charge in [0, 0.05) is 13.1 Å². The molecule has 0 bridgehead atoms. The van der Waals surface area contributed by atoms with Crippen LogP contribution in [0.15, 0.2) is 24.3 Å². The lowest BCUT2D eigenvalue weighted by Gasteiger charge is -2.30. The van der Waals surface area contributed by atoms with Gasteiger partial charge in [-0.15, -0.1) is 0 Å². The maximum absolute atomic E-state index is 14.1. The van der Waals surface area contributed by atoms with Gasteiger partial charge in [-0.1, -0.05) is 12.1 Å². The maximum Gasteiger partial charge on any atom is 0.410 e. The first-order valence-corrected chi connectivity index (χ1v) is 7.76.